The largest absolute Gasteiger partial charge is 0.444 e. The lowest BCUT2D eigenvalue weighted by molar-refractivity contribution is 0.000456. The number of aldehydes is 1. The number of anilines is 3. The fraction of sp³-hybridized carbons (Fsp3) is 0.429. The molecule has 9 nitrogen and oxygen atoms in total. The second-order valence-corrected chi connectivity index (χ2v) is 13.9. The molecule has 3 heterocycles. The molecule has 2 N–H and O–H groups in total. The van der Waals surface area contributed by atoms with E-state index in [-0.39, 0.29) is 52.7 Å². The lowest BCUT2D eigenvalue weighted by atomic mass is 9.94. The van der Waals surface area contributed by atoms with Crippen molar-refractivity contribution in [3.63, 3.8) is 0 Å². The van der Waals surface area contributed by atoms with E-state index >= 15 is 4.39 Å². The number of carbonyl (C=O) groups excluding carboxylic acids is 2. The number of rotatable bonds is 4. The smallest absolute Gasteiger partial charge is 0.410 e. The Morgan fingerprint density at radius 1 is 1.15 bits per heavy atom. The number of amidine groups is 1. The molecule has 0 radical (unpaired) electrons. The van der Waals surface area contributed by atoms with Crippen molar-refractivity contribution >= 4 is 47.0 Å². The van der Waals surface area contributed by atoms with E-state index in [1.165, 1.54) is 6.07 Å². The Labute approximate surface area is 275 Å². The molecule has 46 heavy (non-hydrogen) atoms. The summed E-state index contributed by atoms with van der Waals surface area (Å²) >= 11 is 6.90. The third-order valence-corrected chi connectivity index (χ3v) is 8.65. The minimum absolute atomic E-state index is 0.0817. The lowest BCUT2D eigenvalue weighted by Crippen LogP contribution is -2.60. The predicted octanol–water partition coefficient (Wildman–Crippen LogP) is 7.55. The number of ether oxygens (including phenoxy) is 1. The monoisotopic (exact) mass is 648 g/mol. The van der Waals surface area contributed by atoms with Crippen LogP contribution in [0.3, 0.4) is 0 Å². The van der Waals surface area contributed by atoms with Crippen molar-refractivity contribution in [3.05, 3.63) is 69.5 Å². The van der Waals surface area contributed by atoms with Crippen LogP contribution in [-0.2, 0) is 4.74 Å². The molecule has 3 aromatic rings. The van der Waals surface area contributed by atoms with E-state index in [1.807, 2.05) is 58.6 Å². The van der Waals surface area contributed by atoms with Crippen molar-refractivity contribution in [1.29, 1.82) is 0 Å². The maximum atomic E-state index is 15.3. The van der Waals surface area contributed by atoms with Crippen molar-refractivity contribution in [1.82, 2.24) is 14.8 Å². The fourth-order valence-corrected chi connectivity index (χ4v) is 6.48. The van der Waals surface area contributed by atoms with E-state index in [0.717, 1.165) is 23.1 Å². The topological polar surface area (TPSA) is 104 Å². The van der Waals surface area contributed by atoms with Gasteiger partial charge in [0, 0.05) is 36.4 Å². The molecule has 1 fully saturated rings. The molecule has 1 saturated heterocycles. The van der Waals surface area contributed by atoms with Crippen LogP contribution in [0.1, 0.15) is 81.4 Å². The molecular weight excluding hydrogens is 607 g/mol. The van der Waals surface area contributed by atoms with Gasteiger partial charge in [-0.2, -0.15) is 0 Å². The predicted molar refractivity (Wildman–Crippen MR) is 182 cm³/mol. The van der Waals surface area contributed by atoms with Gasteiger partial charge in [-0.15, -0.1) is 0 Å². The quantitative estimate of drug-likeness (QED) is 0.230. The highest BCUT2D eigenvalue weighted by Gasteiger charge is 2.39. The summed E-state index contributed by atoms with van der Waals surface area (Å²) in [4.78, 5) is 40.9. The second-order valence-electron chi connectivity index (χ2n) is 13.5. The normalized spacial score (nSPS) is 18.4. The van der Waals surface area contributed by atoms with E-state index in [9.17, 15) is 9.59 Å². The molecule has 0 unspecified atom stereocenters. The van der Waals surface area contributed by atoms with Crippen LogP contribution in [0.2, 0.25) is 5.02 Å². The van der Waals surface area contributed by atoms with E-state index in [1.54, 1.807) is 23.1 Å². The van der Waals surface area contributed by atoms with Gasteiger partial charge in [-0.05, 0) is 88.9 Å². The Morgan fingerprint density at radius 3 is 2.50 bits per heavy atom. The zero-order valence-corrected chi connectivity index (χ0v) is 28.4. The number of fused-ring (bicyclic) bond motifs is 1. The number of halogens is 2. The van der Waals surface area contributed by atoms with Crippen molar-refractivity contribution in [2.45, 2.75) is 79.0 Å². The number of pyridine rings is 1. The van der Waals surface area contributed by atoms with Gasteiger partial charge in [0.25, 0.3) is 0 Å². The summed E-state index contributed by atoms with van der Waals surface area (Å²) in [5.74, 6) is 0.786. The number of aryl methyl sites for hydroxylation is 1. The molecule has 244 valence electrons. The molecule has 0 saturated carbocycles. The van der Waals surface area contributed by atoms with Crippen molar-refractivity contribution in [2.24, 2.45) is 4.99 Å². The Hall–Kier alpha value is -4.18. The highest BCUT2D eigenvalue weighted by molar-refractivity contribution is 6.34. The maximum absolute atomic E-state index is 15.3. The van der Waals surface area contributed by atoms with E-state index in [0.29, 0.717) is 35.9 Å². The third-order valence-electron chi connectivity index (χ3n) is 8.36. The molecule has 0 spiro atoms. The Kier molecular flexibility index (Phi) is 9.05. The second kappa shape index (κ2) is 12.5. The van der Waals surface area contributed by atoms with Gasteiger partial charge in [0.1, 0.15) is 36.0 Å². The van der Waals surface area contributed by atoms with Crippen LogP contribution >= 0.6 is 11.6 Å². The first-order valence-corrected chi connectivity index (χ1v) is 15.9. The van der Waals surface area contributed by atoms with Gasteiger partial charge >= 0.3 is 6.09 Å². The summed E-state index contributed by atoms with van der Waals surface area (Å²) in [6.45, 7) is 16.8. The zero-order valence-electron chi connectivity index (χ0n) is 27.7. The van der Waals surface area contributed by atoms with Gasteiger partial charge in [0.2, 0.25) is 0 Å². The number of nitrogens with zero attached hydrogens (tertiary/aromatic N) is 5. The van der Waals surface area contributed by atoms with Gasteiger partial charge in [0.05, 0.1) is 27.5 Å². The van der Waals surface area contributed by atoms with Gasteiger partial charge in [-0.3, -0.25) is 4.79 Å². The summed E-state index contributed by atoms with van der Waals surface area (Å²) in [6.07, 6.45) is 0.496. The molecule has 2 aliphatic rings. The summed E-state index contributed by atoms with van der Waals surface area (Å²) in [5, 5.41) is 0.232. The van der Waals surface area contributed by atoms with Crippen LogP contribution in [0.5, 0.6) is 0 Å². The molecule has 1 aromatic heterocycles. The number of carbonyl (C=O) groups is 2. The number of benzene rings is 2. The Morgan fingerprint density at radius 2 is 1.87 bits per heavy atom. The number of nitrogen functional groups attached to an aromatic ring is 1. The number of piperazine rings is 1. The van der Waals surface area contributed by atoms with Crippen LogP contribution in [0.15, 0.2) is 41.4 Å². The van der Waals surface area contributed by atoms with Crippen LogP contribution < -0.4 is 10.6 Å². The number of aliphatic imine (C=N–C) groups is 1. The zero-order chi connectivity index (χ0) is 33.7. The lowest BCUT2D eigenvalue weighted by Gasteiger charge is -2.46. The summed E-state index contributed by atoms with van der Waals surface area (Å²) in [5.41, 5.74) is 10.2. The van der Waals surface area contributed by atoms with Gasteiger partial charge < -0.3 is 25.2 Å². The van der Waals surface area contributed by atoms with Gasteiger partial charge in [-0.1, -0.05) is 31.5 Å². The average Bonchev–Trinajstić information content (AvgIpc) is 2.96. The molecule has 0 bridgehead atoms. The van der Waals surface area contributed by atoms with Gasteiger partial charge in [-0.25, -0.2) is 19.2 Å². The highest BCUT2D eigenvalue weighted by atomic mass is 35.5. The average molecular weight is 649 g/mol. The van der Waals surface area contributed by atoms with Crippen LogP contribution in [-0.4, -0.2) is 70.4 Å². The third kappa shape index (κ3) is 6.27. The number of hydrogen-bond acceptors (Lipinski definition) is 8. The molecule has 2 atom stereocenters. The number of aromatic nitrogens is 1. The van der Waals surface area contributed by atoms with Gasteiger partial charge in [0.15, 0.2) is 0 Å². The minimum Gasteiger partial charge on any atom is -0.444 e. The SMILES string of the molecule is Cc1cc(C=O)cc(C(C)C)c1N1CN=C(N2C[C@@H](C)N(C(=O)OC(C)(C)C)C[C@@H]2C)c2cc(Cl)c(-c3c(N)cccc3F)nc21. The van der Waals surface area contributed by atoms with Crippen LogP contribution in [0, 0.1) is 12.7 Å². The maximum Gasteiger partial charge on any atom is 0.410 e. The molecule has 1 amide bonds. The van der Waals surface area contributed by atoms with Crippen LogP contribution in [0.25, 0.3) is 11.3 Å². The molecule has 11 heteroatoms. The molecule has 0 aliphatic carbocycles. The number of amides is 1. The summed E-state index contributed by atoms with van der Waals surface area (Å²) in [6, 6.07) is 9.74. The molecule has 5 rings (SSSR count). The van der Waals surface area contributed by atoms with E-state index in [4.69, 9.17) is 32.0 Å². The molecule has 2 aliphatic heterocycles. The highest BCUT2D eigenvalue weighted by Crippen LogP contribution is 2.43. The van der Waals surface area contributed by atoms with E-state index in [2.05, 4.69) is 18.7 Å². The number of nitrogens with two attached hydrogens (primary N) is 1. The first-order valence-electron chi connectivity index (χ1n) is 15.5. The fourth-order valence-electron chi connectivity index (χ4n) is 6.24. The first kappa shape index (κ1) is 33.2. The number of hydrogen-bond donors (Lipinski definition) is 1. The van der Waals surface area contributed by atoms with Crippen molar-refractivity contribution in [2.75, 3.05) is 30.4 Å². The summed E-state index contributed by atoms with van der Waals surface area (Å²) < 4.78 is 20.9. The first-order chi connectivity index (χ1) is 21.6. The Balaban J connectivity index is 1.65. The van der Waals surface area contributed by atoms with E-state index < -0.39 is 11.4 Å². The van der Waals surface area contributed by atoms with Crippen LogP contribution in [0.4, 0.5) is 26.4 Å². The van der Waals surface area contributed by atoms with Crippen molar-refractivity contribution < 1.29 is 18.7 Å². The minimum atomic E-state index is -0.605. The standard InChI is InChI=1S/C35H42ClFN6O3/c1-19(2)24-13-23(17-44)12-20(3)31(24)43-18-39-32(41-15-22(5)42(16-21(41)4)34(45)46-35(6,7)8)25-14-26(36)30(40-33(25)43)29-27(37)10-9-11-28(29)38/h9-14,17,19,21-22H,15-16,18,38H2,1-8H3/t21-,22+/m0/s1. The molecule has 2 aromatic carbocycles. The molecular formula is C35H42ClFN6O3. The van der Waals surface area contributed by atoms with Crippen molar-refractivity contribution in [3.8, 4) is 11.3 Å². The Bertz CT molecular complexity index is 1700. The summed E-state index contributed by atoms with van der Waals surface area (Å²) in [7, 11) is 0.